The molecule has 45 heavy (non-hydrogen) atoms. The molecule has 2 rings (SSSR count). The standard InChI is InChI=1S/C35H46N2O8/c1-3-5-8-18-30(23-27-14-9-6-10-15-27)34(41)45-26-31(35(42)44-25-28-16-11-7-12-17-28)37-33(40)29(13-4-2)24-32(39)36-19-21-43-22-20-38/h3-4,6-7,9-12,14-17,29-31,38H,1-2,5,8,13,18-26H2,(H,36,39)(H,37,40). The number of hydrogen-bond acceptors (Lipinski definition) is 8. The van der Waals surface area contributed by atoms with Crippen LogP contribution in [0.25, 0.3) is 0 Å². The second-order valence-electron chi connectivity index (χ2n) is 10.5. The van der Waals surface area contributed by atoms with Crippen molar-refractivity contribution in [1.82, 2.24) is 10.6 Å². The Labute approximate surface area is 265 Å². The molecule has 10 heteroatoms. The highest BCUT2D eigenvalue weighted by molar-refractivity contribution is 5.89. The van der Waals surface area contributed by atoms with Gasteiger partial charge in [0.25, 0.3) is 0 Å². The molecule has 0 aromatic heterocycles. The Balaban J connectivity index is 2.11. The number of carbonyl (C=O) groups is 4. The van der Waals surface area contributed by atoms with Gasteiger partial charge < -0.3 is 30.0 Å². The fourth-order valence-corrected chi connectivity index (χ4v) is 4.49. The number of unbranched alkanes of at least 4 members (excludes halogenated alkanes) is 1. The van der Waals surface area contributed by atoms with Crippen LogP contribution in [0, 0.1) is 11.8 Å². The molecule has 0 aliphatic rings. The number of aliphatic hydroxyl groups excluding tert-OH is 1. The Kier molecular flexibility index (Phi) is 18.3. The number of benzene rings is 2. The minimum Gasteiger partial charge on any atom is -0.463 e. The van der Waals surface area contributed by atoms with Crippen molar-refractivity contribution in [2.24, 2.45) is 11.8 Å². The number of nitrogens with one attached hydrogen (secondary N) is 2. The molecule has 10 nitrogen and oxygen atoms in total. The number of allylic oxidation sites excluding steroid dienone is 2. The van der Waals surface area contributed by atoms with Crippen LogP contribution < -0.4 is 10.6 Å². The maximum atomic E-state index is 13.3. The highest BCUT2D eigenvalue weighted by Crippen LogP contribution is 2.18. The zero-order valence-corrected chi connectivity index (χ0v) is 25.9. The van der Waals surface area contributed by atoms with Crippen molar-refractivity contribution < 1.29 is 38.5 Å². The number of esters is 2. The zero-order chi connectivity index (χ0) is 32.7. The zero-order valence-electron chi connectivity index (χ0n) is 25.9. The maximum Gasteiger partial charge on any atom is 0.332 e. The van der Waals surface area contributed by atoms with Crippen LogP contribution in [0.1, 0.15) is 43.2 Å². The van der Waals surface area contributed by atoms with Crippen LogP contribution in [0.4, 0.5) is 0 Å². The minimum absolute atomic E-state index is 0.0327. The Hall–Kier alpha value is -4.28. The molecule has 2 amide bonds. The van der Waals surface area contributed by atoms with Crippen LogP contribution in [0.3, 0.4) is 0 Å². The number of carbonyl (C=O) groups excluding carboxylic acids is 4. The van der Waals surface area contributed by atoms with Crippen LogP contribution in [0.15, 0.2) is 86.0 Å². The van der Waals surface area contributed by atoms with Crippen LogP contribution >= 0.6 is 0 Å². The van der Waals surface area contributed by atoms with E-state index in [0.29, 0.717) is 12.8 Å². The highest BCUT2D eigenvalue weighted by atomic mass is 16.6. The molecule has 2 aromatic carbocycles. The SMILES string of the molecule is C=CCCCC(Cc1ccccc1)C(=O)OCC(NC(=O)C(CC=C)CC(=O)NCCOCCO)C(=O)OCc1ccccc1. The molecule has 0 aliphatic carbocycles. The average molecular weight is 623 g/mol. The lowest BCUT2D eigenvalue weighted by Crippen LogP contribution is -2.48. The molecular formula is C35H46N2O8. The van der Waals surface area contributed by atoms with Gasteiger partial charge in [0.2, 0.25) is 11.8 Å². The molecule has 0 heterocycles. The van der Waals surface area contributed by atoms with E-state index in [4.69, 9.17) is 19.3 Å². The number of aliphatic hydroxyl groups is 1. The van der Waals surface area contributed by atoms with E-state index in [0.717, 1.165) is 24.0 Å². The normalized spacial score (nSPS) is 12.6. The van der Waals surface area contributed by atoms with Gasteiger partial charge in [-0.1, -0.05) is 72.8 Å². The van der Waals surface area contributed by atoms with E-state index in [1.54, 1.807) is 18.2 Å². The molecule has 0 saturated heterocycles. The van der Waals surface area contributed by atoms with Gasteiger partial charge in [-0.15, -0.1) is 13.2 Å². The molecule has 3 N–H and O–H groups in total. The Morgan fingerprint density at radius 1 is 0.844 bits per heavy atom. The lowest BCUT2D eigenvalue weighted by atomic mass is 9.94. The number of amides is 2. The number of rotatable bonds is 23. The van der Waals surface area contributed by atoms with E-state index in [-0.39, 0.29) is 51.7 Å². The van der Waals surface area contributed by atoms with E-state index < -0.39 is 42.3 Å². The minimum atomic E-state index is -1.29. The summed E-state index contributed by atoms with van der Waals surface area (Å²) in [6.07, 6.45) is 5.85. The van der Waals surface area contributed by atoms with Gasteiger partial charge in [0, 0.05) is 13.0 Å². The predicted octanol–water partition coefficient (Wildman–Crippen LogP) is 3.68. The Morgan fingerprint density at radius 2 is 1.53 bits per heavy atom. The Morgan fingerprint density at radius 3 is 2.18 bits per heavy atom. The molecule has 3 atom stereocenters. The van der Waals surface area contributed by atoms with Gasteiger partial charge in [-0.3, -0.25) is 14.4 Å². The fourth-order valence-electron chi connectivity index (χ4n) is 4.49. The smallest absolute Gasteiger partial charge is 0.332 e. The lowest BCUT2D eigenvalue weighted by Gasteiger charge is -2.22. The summed E-state index contributed by atoms with van der Waals surface area (Å²) in [4.78, 5) is 52.3. The first-order chi connectivity index (χ1) is 21.9. The third-order valence-corrected chi connectivity index (χ3v) is 6.89. The van der Waals surface area contributed by atoms with Crippen LogP contribution in [-0.2, 0) is 46.4 Å². The summed E-state index contributed by atoms with van der Waals surface area (Å²) in [5, 5.41) is 14.1. The van der Waals surface area contributed by atoms with Crippen LogP contribution in [0.2, 0.25) is 0 Å². The van der Waals surface area contributed by atoms with Crippen LogP contribution in [0.5, 0.6) is 0 Å². The summed E-state index contributed by atoms with van der Waals surface area (Å²) in [5.74, 6) is -3.50. The first kappa shape index (κ1) is 36.9. The quantitative estimate of drug-likeness (QED) is 0.0969. The molecule has 3 unspecified atom stereocenters. The molecule has 0 spiro atoms. The van der Waals surface area contributed by atoms with Crippen molar-refractivity contribution in [2.45, 2.75) is 51.2 Å². The molecular weight excluding hydrogens is 576 g/mol. The van der Waals surface area contributed by atoms with E-state index >= 15 is 0 Å². The highest BCUT2D eigenvalue weighted by Gasteiger charge is 2.30. The van der Waals surface area contributed by atoms with Crippen molar-refractivity contribution >= 4 is 23.8 Å². The monoisotopic (exact) mass is 622 g/mol. The average Bonchev–Trinajstić information content (AvgIpc) is 3.05. The van der Waals surface area contributed by atoms with Crippen LogP contribution in [-0.4, -0.2) is 67.9 Å². The number of hydrogen-bond donors (Lipinski definition) is 3. The molecule has 0 saturated carbocycles. The summed E-state index contributed by atoms with van der Waals surface area (Å²) in [7, 11) is 0. The van der Waals surface area contributed by atoms with Crippen molar-refractivity contribution in [2.75, 3.05) is 33.0 Å². The van der Waals surface area contributed by atoms with Crippen molar-refractivity contribution in [3.63, 3.8) is 0 Å². The number of ether oxygens (including phenoxy) is 3. The third kappa shape index (κ3) is 15.3. The van der Waals surface area contributed by atoms with Crippen molar-refractivity contribution in [3.8, 4) is 0 Å². The molecule has 0 bridgehead atoms. The first-order valence-corrected chi connectivity index (χ1v) is 15.3. The van der Waals surface area contributed by atoms with E-state index in [1.165, 1.54) is 6.08 Å². The van der Waals surface area contributed by atoms with Crippen molar-refractivity contribution in [3.05, 3.63) is 97.1 Å². The van der Waals surface area contributed by atoms with E-state index in [2.05, 4.69) is 23.8 Å². The molecule has 244 valence electrons. The summed E-state index contributed by atoms with van der Waals surface area (Å²) >= 11 is 0. The summed E-state index contributed by atoms with van der Waals surface area (Å²) < 4.78 is 16.2. The molecule has 0 aliphatic heterocycles. The van der Waals surface area contributed by atoms with Gasteiger partial charge in [0.05, 0.1) is 31.7 Å². The maximum absolute atomic E-state index is 13.3. The summed E-state index contributed by atoms with van der Waals surface area (Å²) in [5.41, 5.74) is 1.73. The lowest BCUT2D eigenvalue weighted by molar-refractivity contribution is -0.157. The third-order valence-electron chi connectivity index (χ3n) is 6.89. The van der Waals surface area contributed by atoms with Gasteiger partial charge in [0.1, 0.15) is 13.2 Å². The van der Waals surface area contributed by atoms with Gasteiger partial charge in [-0.2, -0.15) is 0 Å². The van der Waals surface area contributed by atoms with Gasteiger partial charge >= 0.3 is 11.9 Å². The first-order valence-electron chi connectivity index (χ1n) is 15.3. The fraction of sp³-hybridized carbons (Fsp3) is 0.429. The second kappa shape index (κ2) is 22.3. The summed E-state index contributed by atoms with van der Waals surface area (Å²) in [6.45, 7) is 7.43. The molecule has 0 radical (unpaired) electrons. The molecule has 0 fully saturated rings. The van der Waals surface area contributed by atoms with Gasteiger partial charge in [-0.05, 0) is 43.2 Å². The topological polar surface area (TPSA) is 140 Å². The van der Waals surface area contributed by atoms with Gasteiger partial charge in [0.15, 0.2) is 6.04 Å². The van der Waals surface area contributed by atoms with E-state index in [1.807, 2.05) is 48.5 Å². The predicted molar refractivity (Wildman–Crippen MR) is 171 cm³/mol. The molecule has 2 aromatic rings. The summed E-state index contributed by atoms with van der Waals surface area (Å²) in [6, 6.07) is 17.4. The Bertz CT molecular complexity index is 1190. The van der Waals surface area contributed by atoms with Gasteiger partial charge in [-0.25, -0.2) is 4.79 Å². The second-order valence-corrected chi connectivity index (χ2v) is 10.5. The van der Waals surface area contributed by atoms with E-state index in [9.17, 15) is 19.2 Å². The largest absolute Gasteiger partial charge is 0.463 e. The van der Waals surface area contributed by atoms with Crippen molar-refractivity contribution in [1.29, 1.82) is 0 Å².